The Hall–Kier alpha value is -3.48. The summed E-state index contributed by atoms with van der Waals surface area (Å²) in [5.74, 6) is 1.63. The number of allylic oxidation sites excluding steroid dienone is 4. The number of benzene rings is 1. The summed E-state index contributed by atoms with van der Waals surface area (Å²) in [7, 11) is 0. The Morgan fingerprint density at radius 2 is 1.88 bits per heavy atom. The Bertz CT molecular complexity index is 1040. The molecule has 4 aliphatic rings. The predicted molar refractivity (Wildman–Crippen MR) is 128 cm³/mol. The van der Waals surface area contributed by atoms with Crippen molar-refractivity contribution in [2.75, 3.05) is 26.2 Å². The van der Waals surface area contributed by atoms with Crippen LogP contribution in [-0.2, 0) is 19.1 Å². The van der Waals surface area contributed by atoms with Crippen LogP contribution in [0.2, 0.25) is 0 Å². The van der Waals surface area contributed by atoms with Gasteiger partial charge in [0.15, 0.2) is 12.0 Å². The summed E-state index contributed by atoms with van der Waals surface area (Å²) in [5.41, 5.74) is 2.24. The monoisotopic (exact) mass is 461 g/mol. The molecular formula is C27H31N3O4. The lowest BCUT2D eigenvalue weighted by Gasteiger charge is -2.37. The summed E-state index contributed by atoms with van der Waals surface area (Å²) in [6.45, 7) is 2.63. The lowest BCUT2D eigenvalue weighted by atomic mass is 9.87. The molecule has 1 aromatic carbocycles. The van der Waals surface area contributed by atoms with E-state index in [1.807, 2.05) is 29.2 Å². The van der Waals surface area contributed by atoms with Gasteiger partial charge in [-0.1, -0.05) is 48.6 Å². The molecule has 7 nitrogen and oxygen atoms in total. The first-order chi connectivity index (χ1) is 16.7. The van der Waals surface area contributed by atoms with Gasteiger partial charge in [-0.2, -0.15) is 0 Å². The molecule has 34 heavy (non-hydrogen) atoms. The molecule has 0 saturated carbocycles. The van der Waals surface area contributed by atoms with Crippen molar-refractivity contribution in [2.24, 2.45) is 0 Å². The van der Waals surface area contributed by atoms with Crippen molar-refractivity contribution in [3.05, 3.63) is 83.9 Å². The fraction of sp³-hybridized carbons (Fsp3) is 0.407. The molecule has 3 heterocycles. The maximum absolute atomic E-state index is 13.2. The standard InChI is InChI=1S/C27H31N3O4/c31-25-12-11-23(28-25)22(20-7-3-1-4-8-20)17-26(32)29-13-15-30(16-14-29)27-19-33-24(18-34-27)21-9-5-2-6-10-21/h1-5,7-9,18-19,22-23H,6,10-17H2,(H,28,31). The Morgan fingerprint density at radius 1 is 1.06 bits per heavy atom. The SMILES string of the molecule is O=C1CCC(C(CC(=O)N2CCN(C3=COC(C4=CC=CCC4)=CO3)CC2)c2ccccc2)N1. The highest BCUT2D eigenvalue weighted by Crippen LogP contribution is 2.30. The van der Waals surface area contributed by atoms with E-state index in [-0.39, 0.29) is 23.8 Å². The Labute approximate surface area is 200 Å². The number of piperazine rings is 1. The van der Waals surface area contributed by atoms with Crippen molar-refractivity contribution in [1.82, 2.24) is 15.1 Å². The molecule has 3 aliphatic heterocycles. The van der Waals surface area contributed by atoms with Crippen LogP contribution in [0, 0.1) is 0 Å². The highest BCUT2D eigenvalue weighted by molar-refractivity contribution is 5.80. The molecule has 2 fully saturated rings. The Balaban J connectivity index is 1.16. The molecule has 7 heteroatoms. The van der Waals surface area contributed by atoms with E-state index in [1.54, 1.807) is 12.5 Å². The van der Waals surface area contributed by atoms with Crippen LogP contribution in [0.25, 0.3) is 0 Å². The molecule has 178 valence electrons. The first kappa shape index (κ1) is 22.3. The Morgan fingerprint density at radius 3 is 2.53 bits per heavy atom. The zero-order chi connectivity index (χ0) is 23.3. The summed E-state index contributed by atoms with van der Waals surface area (Å²) >= 11 is 0. The topological polar surface area (TPSA) is 71.1 Å². The summed E-state index contributed by atoms with van der Waals surface area (Å²) in [5, 5.41) is 3.07. The molecule has 0 aromatic heterocycles. The maximum atomic E-state index is 13.2. The maximum Gasteiger partial charge on any atom is 0.231 e. The molecule has 0 spiro atoms. The van der Waals surface area contributed by atoms with Crippen LogP contribution in [0.5, 0.6) is 0 Å². The average molecular weight is 462 g/mol. The van der Waals surface area contributed by atoms with E-state index in [4.69, 9.17) is 9.47 Å². The number of amides is 2. The zero-order valence-corrected chi connectivity index (χ0v) is 19.3. The van der Waals surface area contributed by atoms with Crippen molar-refractivity contribution >= 4 is 11.8 Å². The van der Waals surface area contributed by atoms with Gasteiger partial charge in [0, 0.05) is 51.0 Å². The van der Waals surface area contributed by atoms with Gasteiger partial charge in [0.25, 0.3) is 0 Å². The number of carbonyl (C=O) groups excluding carboxylic acids is 2. The van der Waals surface area contributed by atoms with Gasteiger partial charge in [0.1, 0.15) is 6.26 Å². The minimum atomic E-state index is -0.0107. The van der Waals surface area contributed by atoms with E-state index in [0.29, 0.717) is 44.9 Å². The minimum absolute atomic E-state index is 0.00818. The average Bonchev–Trinajstić information content (AvgIpc) is 3.34. The third kappa shape index (κ3) is 5.03. The van der Waals surface area contributed by atoms with Gasteiger partial charge in [0.2, 0.25) is 17.7 Å². The second-order valence-corrected chi connectivity index (χ2v) is 9.13. The Kier molecular flexibility index (Phi) is 6.70. The number of nitrogens with zero attached hydrogens (tertiary/aromatic N) is 2. The van der Waals surface area contributed by atoms with E-state index in [9.17, 15) is 9.59 Å². The van der Waals surface area contributed by atoms with E-state index in [1.165, 1.54) is 0 Å². The molecule has 5 rings (SSSR count). The first-order valence-corrected chi connectivity index (χ1v) is 12.1. The number of rotatable bonds is 6. The molecular weight excluding hydrogens is 430 g/mol. The number of nitrogens with one attached hydrogen (secondary N) is 1. The van der Waals surface area contributed by atoms with Crippen LogP contribution in [0.3, 0.4) is 0 Å². The highest BCUT2D eigenvalue weighted by atomic mass is 16.6. The van der Waals surface area contributed by atoms with Gasteiger partial charge in [-0.25, -0.2) is 0 Å². The van der Waals surface area contributed by atoms with Crippen LogP contribution < -0.4 is 5.32 Å². The third-order valence-corrected chi connectivity index (χ3v) is 6.98. The highest BCUT2D eigenvalue weighted by Gasteiger charge is 2.33. The third-order valence-electron chi connectivity index (χ3n) is 6.98. The summed E-state index contributed by atoms with van der Waals surface area (Å²) in [4.78, 5) is 29.1. The molecule has 2 atom stereocenters. The molecule has 2 amide bonds. The van der Waals surface area contributed by atoms with Gasteiger partial charge in [-0.15, -0.1) is 0 Å². The zero-order valence-electron chi connectivity index (χ0n) is 19.3. The first-order valence-electron chi connectivity index (χ1n) is 12.1. The lowest BCUT2D eigenvalue weighted by Crippen LogP contribution is -2.49. The summed E-state index contributed by atoms with van der Waals surface area (Å²) in [6, 6.07) is 10.1. The van der Waals surface area contributed by atoms with Crippen LogP contribution in [0.1, 0.15) is 43.6 Å². The van der Waals surface area contributed by atoms with Gasteiger partial charge in [-0.05, 0) is 30.4 Å². The minimum Gasteiger partial charge on any atom is -0.456 e. The van der Waals surface area contributed by atoms with E-state index < -0.39 is 0 Å². The lowest BCUT2D eigenvalue weighted by molar-refractivity contribution is -0.133. The second kappa shape index (κ2) is 10.2. The fourth-order valence-electron chi connectivity index (χ4n) is 5.02. The van der Waals surface area contributed by atoms with Crippen molar-refractivity contribution < 1.29 is 19.1 Å². The molecule has 2 saturated heterocycles. The summed E-state index contributed by atoms with van der Waals surface area (Å²) < 4.78 is 11.7. The fourth-order valence-corrected chi connectivity index (χ4v) is 5.02. The number of hydrogen-bond acceptors (Lipinski definition) is 5. The molecule has 1 aliphatic carbocycles. The summed E-state index contributed by atoms with van der Waals surface area (Å²) in [6.07, 6.45) is 13.2. The van der Waals surface area contributed by atoms with E-state index >= 15 is 0 Å². The largest absolute Gasteiger partial charge is 0.456 e. The number of ether oxygens (including phenoxy) is 2. The van der Waals surface area contributed by atoms with Crippen molar-refractivity contribution in [3.63, 3.8) is 0 Å². The van der Waals surface area contributed by atoms with Crippen LogP contribution in [0.15, 0.2) is 78.3 Å². The molecule has 1 N–H and O–H groups in total. The number of carbonyl (C=O) groups is 2. The predicted octanol–water partition coefficient (Wildman–Crippen LogP) is 3.55. The van der Waals surface area contributed by atoms with Gasteiger partial charge in [0.05, 0.1) is 0 Å². The van der Waals surface area contributed by atoms with Crippen molar-refractivity contribution in [1.29, 1.82) is 0 Å². The quantitative estimate of drug-likeness (QED) is 0.702. The van der Waals surface area contributed by atoms with E-state index in [2.05, 4.69) is 34.5 Å². The smallest absolute Gasteiger partial charge is 0.231 e. The molecule has 2 unspecified atom stereocenters. The van der Waals surface area contributed by atoms with E-state index in [0.717, 1.165) is 36.2 Å². The van der Waals surface area contributed by atoms with Crippen LogP contribution in [0.4, 0.5) is 0 Å². The number of hydrogen-bond donors (Lipinski definition) is 1. The normalized spacial score (nSPS) is 23.2. The second-order valence-electron chi connectivity index (χ2n) is 9.13. The van der Waals surface area contributed by atoms with Gasteiger partial charge < -0.3 is 24.6 Å². The van der Waals surface area contributed by atoms with Crippen molar-refractivity contribution in [3.8, 4) is 0 Å². The molecule has 0 bridgehead atoms. The molecule has 0 radical (unpaired) electrons. The van der Waals surface area contributed by atoms with Gasteiger partial charge >= 0.3 is 0 Å². The van der Waals surface area contributed by atoms with Crippen LogP contribution in [-0.4, -0.2) is 53.8 Å². The van der Waals surface area contributed by atoms with Crippen LogP contribution >= 0.6 is 0 Å². The van der Waals surface area contributed by atoms with Gasteiger partial charge in [-0.3, -0.25) is 9.59 Å². The van der Waals surface area contributed by atoms with Crippen molar-refractivity contribution in [2.45, 2.75) is 44.1 Å². The molecule has 1 aromatic rings.